The molecule has 0 aliphatic carbocycles. The van der Waals surface area contributed by atoms with Crippen LogP contribution >= 0.6 is 15.9 Å². The summed E-state index contributed by atoms with van der Waals surface area (Å²) in [5, 5.41) is 0. The molecule has 106 valence electrons. The number of likely N-dealkylation sites (N-methyl/N-ethyl adjacent to an activating group) is 1. The molecule has 0 aromatic heterocycles. The van der Waals surface area contributed by atoms with E-state index in [1.54, 1.807) is 0 Å². The van der Waals surface area contributed by atoms with Crippen LogP contribution in [0.15, 0.2) is 28.7 Å². The average Bonchev–Trinajstić information content (AvgIpc) is 2.40. The molecule has 2 rings (SSSR count). The highest BCUT2D eigenvalue weighted by molar-refractivity contribution is 9.10. The summed E-state index contributed by atoms with van der Waals surface area (Å²) in [6.07, 6.45) is 2.38. The van der Waals surface area contributed by atoms with Gasteiger partial charge in [-0.2, -0.15) is 0 Å². The van der Waals surface area contributed by atoms with Gasteiger partial charge in [0.25, 0.3) is 0 Å². The van der Waals surface area contributed by atoms with Crippen LogP contribution in [0.1, 0.15) is 12.8 Å². The largest absolute Gasteiger partial charge is 0.492 e. The maximum atomic E-state index is 5.75. The van der Waals surface area contributed by atoms with Gasteiger partial charge in [0.15, 0.2) is 0 Å². The Morgan fingerprint density at radius 3 is 2.89 bits per heavy atom. The molecule has 0 unspecified atom stereocenters. The lowest BCUT2D eigenvalue weighted by atomic mass is 10.00. The Balaban J connectivity index is 1.64. The third-order valence-corrected chi connectivity index (χ3v) is 3.94. The van der Waals surface area contributed by atoms with E-state index in [4.69, 9.17) is 9.47 Å². The number of benzene rings is 1. The van der Waals surface area contributed by atoms with Crippen LogP contribution in [0, 0.1) is 5.92 Å². The molecule has 19 heavy (non-hydrogen) atoms. The summed E-state index contributed by atoms with van der Waals surface area (Å²) in [6, 6.07) is 7.98. The summed E-state index contributed by atoms with van der Waals surface area (Å²) >= 11 is 3.45. The summed E-state index contributed by atoms with van der Waals surface area (Å²) in [6.45, 7) is 4.69. The predicted molar refractivity (Wildman–Crippen MR) is 80.7 cm³/mol. The molecule has 4 heteroatoms. The molecule has 1 aromatic carbocycles. The molecule has 0 N–H and O–H groups in total. The van der Waals surface area contributed by atoms with Crippen molar-refractivity contribution in [3.8, 4) is 5.75 Å². The van der Waals surface area contributed by atoms with Crippen LogP contribution in [-0.4, -0.2) is 44.9 Å². The molecule has 0 amide bonds. The fourth-order valence-corrected chi connectivity index (χ4v) is 2.72. The lowest BCUT2D eigenvalue weighted by molar-refractivity contribution is 0.0543. The molecule has 1 saturated heterocycles. The summed E-state index contributed by atoms with van der Waals surface area (Å²) in [4.78, 5) is 2.36. The first kappa shape index (κ1) is 14.8. The van der Waals surface area contributed by atoms with Crippen LogP contribution in [0.2, 0.25) is 0 Å². The summed E-state index contributed by atoms with van der Waals surface area (Å²) in [7, 11) is 2.17. The van der Waals surface area contributed by atoms with E-state index in [1.807, 2.05) is 24.3 Å². The maximum absolute atomic E-state index is 5.75. The van der Waals surface area contributed by atoms with E-state index in [-0.39, 0.29) is 0 Å². The Morgan fingerprint density at radius 2 is 2.16 bits per heavy atom. The molecular weight excluding hydrogens is 306 g/mol. The summed E-state index contributed by atoms with van der Waals surface area (Å²) in [5.41, 5.74) is 0. The first-order chi connectivity index (χ1) is 9.24. The SMILES string of the molecule is CN(CCOc1cccc(Br)c1)CC1CCOCC1. The fourth-order valence-electron chi connectivity index (χ4n) is 2.34. The topological polar surface area (TPSA) is 21.7 Å². The van der Waals surface area contributed by atoms with Gasteiger partial charge < -0.3 is 14.4 Å². The predicted octanol–water partition coefficient (Wildman–Crippen LogP) is 3.19. The molecule has 1 aliphatic heterocycles. The van der Waals surface area contributed by atoms with Gasteiger partial charge in [-0.05, 0) is 44.0 Å². The van der Waals surface area contributed by atoms with Crippen LogP contribution in [0.4, 0.5) is 0 Å². The Kier molecular flexibility index (Phi) is 6.14. The number of hydrogen-bond donors (Lipinski definition) is 0. The molecule has 0 saturated carbocycles. The zero-order chi connectivity index (χ0) is 13.5. The zero-order valence-electron chi connectivity index (χ0n) is 11.5. The molecule has 1 aromatic rings. The molecule has 0 bridgehead atoms. The number of ether oxygens (including phenoxy) is 2. The van der Waals surface area contributed by atoms with Crippen LogP contribution in [0.5, 0.6) is 5.75 Å². The summed E-state index contributed by atoms with van der Waals surface area (Å²) < 4.78 is 12.2. The quantitative estimate of drug-likeness (QED) is 0.801. The first-order valence-corrected chi connectivity index (χ1v) is 7.68. The highest BCUT2D eigenvalue weighted by atomic mass is 79.9. The van der Waals surface area contributed by atoms with Crippen molar-refractivity contribution in [3.63, 3.8) is 0 Å². The number of nitrogens with zero attached hydrogens (tertiary/aromatic N) is 1. The highest BCUT2D eigenvalue weighted by Crippen LogP contribution is 2.18. The summed E-state index contributed by atoms with van der Waals surface area (Å²) in [5.74, 6) is 1.71. The monoisotopic (exact) mass is 327 g/mol. The third kappa shape index (κ3) is 5.51. The van der Waals surface area contributed by atoms with Gasteiger partial charge in [-0.1, -0.05) is 22.0 Å². The Labute approximate surface area is 124 Å². The lowest BCUT2D eigenvalue weighted by Crippen LogP contribution is -2.32. The molecule has 3 nitrogen and oxygen atoms in total. The van der Waals surface area contributed by atoms with E-state index in [9.17, 15) is 0 Å². The fraction of sp³-hybridized carbons (Fsp3) is 0.600. The Bertz CT molecular complexity index is 380. The highest BCUT2D eigenvalue weighted by Gasteiger charge is 2.15. The van der Waals surface area contributed by atoms with E-state index in [0.29, 0.717) is 0 Å². The van der Waals surface area contributed by atoms with E-state index in [2.05, 4.69) is 27.9 Å². The Hall–Kier alpha value is -0.580. The van der Waals surface area contributed by atoms with E-state index in [1.165, 1.54) is 12.8 Å². The number of halogens is 1. The van der Waals surface area contributed by atoms with Crippen molar-refractivity contribution in [1.82, 2.24) is 4.90 Å². The first-order valence-electron chi connectivity index (χ1n) is 6.88. The van der Waals surface area contributed by atoms with Gasteiger partial charge in [-0.25, -0.2) is 0 Å². The zero-order valence-corrected chi connectivity index (χ0v) is 13.1. The van der Waals surface area contributed by atoms with Gasteiger partial charge in [0.05, 0.1) is 0 Å². The van der Waals surface area contributed by atoms with E-state index >= 15 is 0 Å². The van der Waals surface area contributed by atoms with E-state index < -0.39 is 0 Å². The molecule has 1 fully saturated rings. The van der Waals surface area contributed by atoms with Gasteiger partial charge in [-0.3, -0.25) is 0 Å². The second kappa shape index (κ2) is 7.88. The van der Waals surface area contributed by atoms with Crippen LogP contribution in [0.25, 0.3) is 0 Å². The second-order valence-electron chi connectivity index (χ2n) is 5.12. The minimum atomic E-state index is 0.732. The molecule has 1 heterocycles. The second-order valence-corrected chi connectivity index (χ2v) is 6.04. The van der Waals surface area contributed by atoms with Crippen molar-refractivity contribution in [3.05, 3.63) is 28.7 Å². The van der Waals surface area contributed by atoms with Gasteiger partial charge >= 0.3 is 0 Å². The van der Waals surface area contributed by atoms with Gasteiger partial charge in [-0.15, -0.1) is 0 Å². The normalized spacial score (nSPS) is 16.8. The van der Waals surface area contributed by atoms with Gasteiger partial charge in [0.1, 0.15) is 12.4 Å². The minimum absolute atomic E-state index is 0.732. The standard InChI is InChI=1S/C15H22BrNO2/c1-17(12-13-5-8-18-9-6-13)7-10-19-15-4-2-3-14(16)11-15/h2-4,11,13H,5-10,12H2,1H3. The lowest BCUT2D eigenvalue weighted by Gasteiger charge is -2.27. The maximum Gasteiger partial charge on any atom is 0.120 e. The molecular formula is C15H22BrNO2. The smallest absolute Gasteiger partial charge is 0.120 e. The van der Waals surface area contributed by atoms with Gasteiger partial charge in [0.2, 0.25) is 0 Å². The molecule has 0 radical (unpaired) electrons. The number of rotatable bonds is 6. The van der Waals surface area contributed by atoms with Crippen molar-refractivity contribution in [2.75, 3.05) is 40.0 Å². The molecule has 0 atom stereocenters. The number of hydrogen-bond acceptors (Lipinski definition) is 3. The van der Waals surface area contributed by atoms with Crippen LogP contribution in [-0.2, 0) is 4.74 Å². The van der Waals surface area contributed by atoms with Crippen LogP contribution in [0.3, 0.4) is 0 Å². The Morgan fingerprint density at radius 1 is 1.37 bits per heavy atom. The minimum Gasteiger partial charge on any atom is -0.492 e. The average molecular weight is 328 g/mol. The van der Waals surface area contributed by atoms with Crippen molar-refractivity contribution >= 4 is 15.9 Å². The van der Waals surface area contributed by atoms with Crippen molar-refractivity contribution in [1.29, 1.82) is 0 Å². The molecule has 0 spiro atoms. The third-order valence-electron chi connectivity index (χ3n) is 3.45. The van der Waals surface area contributed by atoms with E-state index in [0.717, 1.165) is 49.1 Å². The van der Waals surface area contributed by atoms with Crippen molar-refractivity contribution < 1.29 is 9.47 Å². The van der Waals surface area contributed by atoms with Gasteiger partial charge in [0, 0.05) is 30.8 Å². The molecule has 1 aliphatic rings. The van der Waals surface area contributed by atoms with Crippen LogP contribution < -0.4 is 4.74 Å². The van der Waals surface area contributed by atoms with Crippen molar-refractivity contribution in [2.45, 2.75) is 12.8 Å². The van der Waals surface area contributed by atoms with Crippen molar-refractivity contribution in [2.24, 2.45) is 5.92 Å².